The lowest BCUT2D eigenvalue weighted by molar-refractivity contribution is 0.0408. The zero-order valence-corrected chi connectivity index (χ0v) is 11.6. The van der Waals surface area contributed by atoms with Crippen molar-refractivity contribution in [1.82, 2.24) is 4.98 Å². The first-order valence-corrected chi connectivity index (χ1v) is 7.30. The number of amides is 1. The van der Waals surface area contributed by atoms with Crippen molar-refractivity contribution >= 4 is 11.7 Å². The fourth-order valence-corrected chi connectivity index (χ4v) is 3.70. The fourth-order valence-electron chi connectivity index (χ4n) is 3.70. The molecule has 0 unspecified atom stereocenters. The van der Waals surface area contributed by atoms with Crippen LogP contribution in [0.1, 0.15) is 42.5 Å². The van der Waals surface area contributed by atoms with Crippen molar-refractivity contribution in [3.63, 3.8) is 0 Å². The summed E-state index contributed by atoms with van der Waals surface area (Å²) in [5.74, 6) is 0.362. The van der Waals surface area contributed by atoms with Gasteiger partial charge in [-0.05, 0) is 37.8 Å². The third kappa shape index (κ3) is 2.26. The second-order valence-corrected chi connectivity index (χ2v) is 6.06. The van der Waals surface area contributed by atoms with Crippen molar-refractivity contribution in [2.45, 2.75) is 38.2 Å². The molecular formula is C15H21N3O2. The molecule has 1 amide bonds. The molecule has 108 valence electrons. The van der Waals surface area contributed by atoms with Crippen LogP contribution in [-0.2, 0) is 0 Å². The molecule has 2 atom stereocenters. The number of carbonyl (C=O) groups is 1. The molecule has 1 spiro atoms. The van der Waals surface area contributed by atoms with Crippen molar-refractivity contribution in [1.29, 1.82) is 0 Å². The van der Waals surface area contributed by atoms with E-state index in [4.69, 9.17) is 5.73 Å². The summed E-state index contributed by atoms with van der Waals surface area (Å²) in [5.41, 5.74) is 5.83. The van der Waals surface area contributed by atoms with E-state index < -0.39 is 5.91 Å². The van der Waals surface area contributed by atoms with Gasteiger partial charge >= 0.3 is 0 Å². The van der Waals surface area contributed by atoms with Crippen LogP contribution in [0.3, 0.4) is 0 Å². The second-order valence-electron chi connectivity index (χ2n) is 6.06. The van der Waals surface area contributed by atoms with Crippen LogP contribution in [0.2, 0.25) is 0 Å². The highest BCUT2D eigenvalue weighted by molar-refractivity contribution is 5.93. The summed E-state index contributed by atoms with van der Waals surface area (Å²) in [6, 6.07) is 3.39. The predicted octanol–water partition coefficient (Wildman–Crippen LogP) is 1.31. The number of aromatic nitrogens is 1. The number of nitrogens with zero attached hydrogens (tertiary/aromatic N) is 2. The molecule has 0 radical (unpaired) electrons. The second kappa shape index (κ2) is 5.05. The van der Waals surface area contributed by atoms with Crippen LogP contribution in [-0.4, -0.2) is 35.2 Å². The van der Waals surface area contributed by atoms with Crippen LogP contribution in [0.4, 0.5) is 5.82 Å². The van der Waals surface area contributed by atoms with E-state index in [1.807, 2.05) is 0 Å². The third-order valence-corrected chi connectivity index (χ3v) is 4.82. The third-order valence-electron chi connectivity index (χ3n) is 4.82. The minimum absolute atomic E-state index is 0.0165. The fraction of sp³-hybridized carbons (Fsp3) is 0.600. The molecular weight excluding hydrogens is 254 g/mol. The lowest BCUT2D eigenvalue weighted by Crippen LogP contribution is -2.47. The minimum Gasteiger partial charge on any atom is -0.392 e. The van der Waals surface area contributed by atoms with Gasteiger partial charge < -0.3 is 15.7 Å². The van der Waals surface area contributed by atoms with E-state index in [1.165, 1.54) is 0 Å². The summed E-state index contributed by atoms with van der Waals surface area (Å²) in [7, 11) is 0. The van der Waals surface area contributed by atoms with E-state index in [0.717, 1.165) is 51.0 Å². The number of rotatable bonds is 2. The van der Waals surface area contributed by atoms with Crippen molar-refractivity contribution in [2.75, 3.05) is 18.0 Å². The SMILES string of the molecule is NC(=O)c1ccnc(N2CCC[C@]3(CCC[C@H]3O)C2)c1. The molecule has 0 bridgehead atoms. The van der Waals surface area contributed by atoms with Gasteiger partial charge in [-0.2, -0.15) is 0 Å². The quantitative estimate of drug-likeness (QED) is 0.853. The summed E-state index contributed by atoms with van der Waals surface area (Å²) in [4.78, 5) is 17.8. The maximum Gasteiger partial charge on any atom is 0.248 e. The molecule has 1 saturated carbocycles. The standard InChI is InChI=1S/C15H21N3O2/c16-14(20)11-4-7-17-13(9-11)18-8-2-6-15(10-18)5-1-3-12(15)19/h4,7,9,12,19H,1-3,5-6,8,10H2,(H2,16,20)/t12-,15-/m1/s1. The number of hydrogen-bond acceptors (Lipinski definition) is 4. The van der Waals surface area contributed by atoms with Gasteiger partial charge in [-0.25, -0.2) is 4.98 Å². The van der Waals surface area contributed by atoms with Crippen LogP contribution < -0.4 is 10.6 Å². The molecule has 1 aromatic heterocycles. The normalized spacial score (nSPS) is 29.9. The Kier molecular flexibility index (Phi) is 3.38. The number of anilines is 1. The van der Waals surface area contributed by atoms with Crippen LogP contribution in [0.25, 0.3) is 0 Å². The Morgan fingerprint density at radius 3 is 2.95 bits per heavy atom. The first-order valence-electron chi connectivity index (χ1n) is 7.30. The molecule has 0 aromatic carbocycles. The number of pyridine rings is 1. The average Bonchev–Trinajstić information content (AvgIpc) is 2.80. The van der Waals surface area contributed by atoms with Gasteiger partial charge in [-0.3, -0.25) is 4.79 Å². The zero-order chi connectivity index (χ0) is 14.2. The van der Waals surface area contributed by atoms with Gasteiger partial charge in [0, 0.05) is 30.3 Å². The van der Waals surface area contributed by atoms with E-state index in [-0.39, 0.29) is 11.5 Å². The number of aliphatic hydroxyl groups is 1. The van der Waals surface area contributed by atoms with Gasteiger partial charge in [0.15, 0.2) is 0 Å². The minimum atomic E-state index is -0.429. The lowest BCUT2D eigenvalue weighted by Gasteiger charge is -2.43. The maximum absolute atomic E-state index is 11.3. The number of aliphatic hydroxyl groups excluding tert-OH is 1. The van der Waals surface area contributed by atoms with Crippen molar-refractivity contribution in [3.05, 3.63) is 23.9 Å². The Hall–Kier alpha value is -1.62. The Morgan fingerprint density at radius 2 is 2.25 bits per heavy atom. The van der Waals surface area contributed by atoms with Gasteiger partial charge in [-0.15, -0.1) is 0 Å². The van der Waals surface area contributed by atoms with E-state index in [2.05, 4.69) is 9.88 Å². The van der Waals surface area contributed by atoms with Gasteiger partial charge in [-0.1, -0.05) is 6.42 Å². The molecule has 1 aromatic rings. The number of hydrogen-bond donors (Lipinski definition) is 2. The monoisotopic (exact) mass is 275 g/mol. The molecule has 2 fully saturated rings. The topological polar surface area (TPSA) is 79.5 Å². The summed E-state index contributed by atoms with van der Waals surface area (Å²) in [5, 5.41) is 10.3. The molecule has 5 nitrogen and oxygen atoms in total. The molecule has 5 heteroatoms. The van der Waals surface area contributed by atoms with E-state index in [0.29, 0.717) is 5.56 Å². The smallest absolute Gasteiger partial charge is 0.248 e. The van der Waals surface area contributed by atoms with E-state index in [1.54, 1.807) is 18.3 Å². The highest BCUT2D eigenvalue weighted by Gasteiger charge is 2.44. The first-order chi connectivity index (χ1) is 9.61. The first kappa shape index (κ1) is 13.4. The molecule has 3 N–H and O–H groups in total. The molecule has 1 saturated heterocycles. The van der Waals surface area contributed by atoms with Gasteiger partial charge in [0.1, 0.15) is 5.82 Å². The molecule has 3 rings (SSSR count). The molecule has 1 aliphatic heterocycles. The number of piperidine rings is 1. The Balaban J connectivity index is 1.83. The highest BCUT2D eigenvalue weighted by Crippen LogP contribution is 2.45. The molecule has 1 aliphatic carbocycles. The lowest BCUT2D eigenvalue weighted by atomic mass is 9.76. The Bertz CT molecular complexity index is 520. The number of nitrogens with two attached hydrogens (primary N) is 1. The van der Waals surface area contributed by atoms with Crippen molar-refractivity contribution < 1.29 is 9.90 Å². The zero-order valence-electron chi connectivity index (χ0n) is 11.6. The Morgan fingerprint density at radius 1 is 1.45 bits per heavy atom. The summed E-state index contributed by atoms with van der Waals surface area (Å²) in [6.45, 7) is 1.74. The van der Waals surface area contributed by atoms with Crippen LogP contribution in [0.5, 0.6) is 0 Å². The average molecular weight is 275 g/mol. The summed E-state index contributed by atoms with van der Waals surface area (Å²) >= 11 is 0. The van der Waals surface area contributed by atoms with Gasteiger partial charge in [0.2, 0.25) is 5.91 Å². The van der Waals surface area contributed by atoms with E-state index >= 15 is 0 Å². The van der Waals surface area contributed by atoms with E-state index in [9.17, 15) is 9.90 Å². The predicted molar refractivity (Wildman–Crippen MR) is 76.5 cm³/mol. The van der Waals surface area contributed by atoms with Crippen LogP contribution in [0.15, 0.2) is 18.3 Å². The number of carbonyl (C=O) groups excluding carboxylic acids is 1. The highest BCUT2D eigenvalue weighted by atomic mass is 16.3. The van der Waals surface area contributed by atoms with Crippen LogP contribution >= 0.6 is 0 Å². The summed E-state index contributed by atoms with van der Waals surface area (Å²) in [6.07, 6.45) is 6.65. The van der Waals surface area contributed by atoms with Gasteiger partial charge in [0.25, 0.3) is 0 Å². The van der Waals surface area contributed by atoms with Crippen molar-refractivity contribution in [2.24, 2.45) is 11.1 Å². The molecule has 20 heavy (non-hydrogen) atoms. The van der Waals surface area contributed by atoms with Crippen molar-refractivity contribution in [3.8, 4) is 0 Å². The summed E-state index contributed by atoms with van der Waals surface area (Å²) < 4.78 is 0. The molecule has 2 aliphatic rings. The van der Waals surface area contributed by atoms with Gasteiger partial charge in [0.05, 0.1) is 6.10 Å². The van der Waals surface area contributed by atoms with Crippen LogP contribution in [0, 0.1) is 5.41 Å². The maximum atomic E-state index is 11.3. The largest absolute Gasteiger partial charge is 0.392 e. The molecule has 2 heterocycles. The number of primary amides is 1. The Labute approximate surface area is 118 Å².